The number of hydrogen-bond donors (Lipinski definition) is 1. The van der Waals surface area contributed by atoms with Gasteiger partial charge in [0.15, 0.2) is 16.3 Å². The largest absolute Gasteiger partial charge is 0.329 e. The number of aromatic amines is 1. The SMILES string of the molecule is CCCCCCCCCCCCCCCCCn1c(SCc2c(F)cccc2Cl)nc2c1c(=O)[nH]c(=O)n2C. The van der Waals surface area contributed by atoms with Crippen molar-refractivity contribution < 1.29 is 4.39 Å². The highest BCUT2D eigenvalue weighted by Gasteiger charge is 2.18. The van der Waals surface area contributed by atoms with Gasteiger partial charge in [-0.2, -0.15) is 0 Å². The van der Waals surface area contributed by atoms with Gasteiger partial charge in [0.05, 0.1) is 0 Å². The van der Waals surface area contributed by atoms with Crippen LogP contribution in [0.4, 0.5) is 4.39 Å². The predicted molar refractivity (Wildman–Crippen MR) is 161 cm³/mol. The Labute approximate surface area is 240 Å². The molecule has 0 aliphatic heterocycles. The summed E-state index contributed by atoms with van der Waals surface area (Å²) < 4.78 is 17.5. The van der Waals surface area contributed by atoms with Crippen molar-refractivity contribution in [3.63, 3.8) is 0 Å². The van der Waals surface area contributed by atoms with Crippen LogP contribution in [0.2, 0.25) is 5.02 Å². The van der Waals surface area contributed by atoms with Crippen LogP contribution in [0, 0.1) is 5.82 Å². The fraction of sp³-hybridized carbons (Fsp3) is 0.633. The van der Waals surface area contributed by atoms with Gasteiger partial charge in [0.2, 0.25) is 0 Å². The molecule has 9 heteroatoms. The molecule has 1 N–H and O–H groups in total. The van der Waals surface area contributed by atoms with E-state index in [1.807, 2.05) is 4.57 Å². The highest BCUT2D eigenvalue weighted by molar-refractivity contribution is 7.98. The number of nitrogens with one attached hydrogen (secondary N) is 1. The van der Waals surface area contributed by atoms with Gasteiger partial charge in [-0.25, -0.2) is 14.2 Å². The minimum absolute atomic E-state index is 0.277. The minimum Gasteiger partial charge on any atom is -0.313 e. The topological polar surface area (TPSA) is 72.7 Å². The highest BCUT2D eigenvalue weighted by Crippen LogP contribution is 2.30. The summed E-state index contributed by atoms with van der Waals surface area (Å²) in [5, 5.41) is 0.944. The Kier molecular flexibility index (Phi) is 13.6. The number of halogens is 2. The van der Waals surface area contributed by atoms with E-state index >= 15 is 0 Å². The number of thioether (sulfide) groups is 1. The smallest absolute Gasteiger partial charge is 0.313 e. The van der Waals surface area contributed by atoms with Crippen LogP contribution in [0.1, 0.15) is 109 Å². The quantitative estimate of drug-likeness (QED) is 0.114. The number of imidazole rings is 1. The average molecular weight is 579 g/mol. The van der Waals surface area contributed by atoms with E-state index in [0.717, 1.165) is 19.3 Å². The number of aryl methyl sites for hydroxylation is 2. The Morgan fingerprint density at radius 1 is 0.897 bits per heavy atom. The van der Waals surface area contributed by atoms with Gasteiger partial charge in [0.1, 0.15) is 5.82 Å². The van der Waals surface area contributed by atoms with Crippen molar-refractivity contribution in [3.8, 4) is 0 Å². The van der Waals surface area contributed by atoms with Crippen molar-refractivity contribution >= 4 is 34.5 Å². The molecule has 3 rings (SSSR count). The van der Waals surface area contributed by atoms with Gasteiger partial charge in [-0.3, -0.25) is 14.3 Å². The minimum atomic E-state index is -0.502. The Morgan fingerprint density at radius 3 is 2.03 bits per heavy atom. The molecule has 0 saturated heterocycles. The van der Waals surface area contributed by atoms with Gasteiger partial charge in [-0.1, -0.05) is 126 Å². The number of hydrogen-bond acceptors (Lipinski definition) is 4. The standard InChI is InChI=1S/C30H44ClFN4O2S/c1-3-4-5-6-7-8-9-10-11-12-13-14-15-16-17-21-36-26-27(35(2)29(38)34-28(26)37)33-30(36)39-22-23-24(31)19-18-20-25(23)32/h18-20H,3-17,21-22H2,1-2H3,(H,34,37,38). The molecule has 0 atom stereocenters. The van der Waals surface area contributed by atoms with Crippen molar-refractivity contribution in [2.75, 3.05) is 0 Å². The van der Waals surface area contributed by atoms with E-state index in [1.54, 1.807) is 19.2 Å². The first-order chi connectivity index (χ1) is 18.9. The van der Waals surface area contributed by atoms with Gasteiger partial charge < -0.3 is 4.57 Å². The molecule has 0 aliphatic carbocycles. The summed E-state index contributed by atoms with van der Waals surface area (Å²) in [5.74, 6) is -0.0928. The molecule has 0 amide bonds. The summed E-state index contributed by atoms with van der Waals surface area (Å²) in [6, 6.07) is 4.62. The van der Waals surface area contributed by atoms with Crippen LogP contribution < -0.4 is 11.2 Å². The second-order valence-electron chi connectivity index (χ2n) is 10.5. The molecule has 0 radical (unpaired) electrons. The second kappa shape index (κ2) is 16.9. The molecular weight excluding hydrogens is 535 g/mol. The Bertz CT molecular complexity index is 1270. The van der Waals surface area contributed by atoms with Crippen LogP contribution in [0.3, 0.4) is 0 Å². The van der Waals surface area contributed by atoms with Gasteiger partial charge in [-0.15, -0.1) is 0 Å². The molecule has 2 heterocycles. The van der Waals surface area contributed by atoms with E-state index in [1.165, 1.54) is 99.4 Å². The van der Waals surface area contributed by atoms with Gasteiger partial charge in [0.25, 0.3) is 5.56 Å². The van der Waals surface area contributed by atoms with Crippen molar-refractivity contribution in [1.82, 2.24) is 19.1 Å². The zero-order chi connectivity index (χ0) is 28.0. The molecule has 0 bridgehead atoms. The van der Waals surface area contributed by atoms with Crippen LogP contribution in [0.15, 0.2) is 32.9 Å². The summed E-state index contributed by atoms with van der Waals surface area (Å²) in [6.07, 6.45) is 19.3. The molecule has 0 aliphatic rings. The van der Waals surface area contributed by atoms with Crippen molar-refractivity contribution in [2.45, 2.75) is 121 Å². The first kappa shape index (κ1) is 31.5. The number of nitrogens with zero attached hydrogens (tertiary/aromatic N) is 3. The summed E-state index contributed by atoms with van der Waals surface area (Å²) in [7, 11) is 1.59. The van der Waals surface area contributed by atoms with E-state index in [-0.39, 0.29) is 11.6 Å². The molecule has 39 heavy (non-hydrogen) atoms. The van der Waals surface area contributed by atoms with Crippen LogP contribution in [0.5, 0.6) is 0 Å². The predicted octanol–water partition coefficient (Wildman–Crippen LogP) is 8.38. The number of aromatic nitrogens is 4. The van der Waals surface area contributed by atoms with Gasteiger partial charge in [0, 0.05) is 29.9 Å². The van der Waals surface area contributed by atoms with Gasteiger partial charge in [-0.05, 0) is 18.6 Å². The second-order valence-corrected chi connectivity index (χ2v) is 11.8. The van der Waals surface area contributed by atoms with Crippen LogP contribution in [-0.4, -0.2) is 19.1 Å². The third-order valence-corrected chi connectivity index (χ3v) is 8.72. The molecule has 0 unspecified atom stereocenters. The number of benzene rings is 1. The molecule has 3 aromatic rings. The molecule has 2 aromatic heterocycles. The molecule has 216 valence electrons. The molecule has 0 fully saturated rings. The summed E-state index contributed by atoms with van der Waals surface area (Å²) in [4.78, 5) is 31.8. The van der Waals surface area contributed by atoms with E-state index in [0.29, 0.717) is 33.5 Å². The van der Waals surface area contributed by atoms with Crippen LogP contribution in [-0.2, 0) is 19.3 Å². The van der Waals surface area contributed by atoms with E-state index < -0.39 is 11.2 Å². The molecular formula is C30H44ClFN4O2S. The summed E-state index contributed by atoms with van der Waals surface area (Å²) in [6.45, 7) is 2.88. The fourth-order valence-corrected chi connectivity index (χ4v) is 6.35. The lowest BCUT2D eigenvalue weighted by molar-refractivity contribution is 0.518. The van der Waals surface area contributed by atoms with E-state index in [4.69, 9.17) is 11.6 Å². The Morgan fingerprint density at radius 2 is 1.46 bits per heavy atom. The van der Waals surface area contributed by atoms with Crippen molar-refractivity contribution in [2.24, 2.45) is 7.05 Å². The maximum atomic E-state index is 14.3. The van der Waals surface area contributed by atoms with Crippen LogP contribution in [0.25, 0.3) is 11.2 Å². The highest BCUT2D eigenvalue weighted by atomic mass is 35.5. The molecule has 0 spiro atoms. The van der Waals surface area contributed by atoms with Crippen molar-refractivity contribution in [1.29, 1.82) is 0 Å². The average Bonchev–Trinajstić information content (AvgIpc) is 3.28. The maximum Gasteiger partial charge on any atom is 0.329 e. The number of H-pyrrole nitrogens is 1. The monoisotopic (exact) mass is 578 g/mol. The third-order valence-electron chi connectivity index (χ3n) is 7.36. The first-order valence-electron chi connectivity index (χ1n) is 14.7. The van der Waals surface area contributed by atoms with E-state index in [9.17, 15) is 14.0 Å². The number of unbranched alkanes of at least 4 members (excludes halogenated alkanes) is 14. The lowest BCUT2D eigenvalue weighted by atomic mass is 10.0. The first-order valence-corrected chi connectivity index (χ1v) is 16.1. The maximum absolute atomic E-state index is 14.3. The summed E-state index contributed by atoms with van der Waals surface area (Å²) in [5.41, 5.74) is 0.170. The van der Waals surface area contributed by atoms with Gasteiger partial charge >= 0.3 is 5.69 Å². The zero-order valence-corrected chi connectivity index (χ0v) is 25.1. The normalized spacial score (nSPS) is 11.6. The number of rotatable bonds is 19. The fourth-order valence-electron chi connectivity index (χ4n) is 4.98. The number of fused-ring (bicyclic) bond motifs is 1. The molecule has 1 aromatic carbocycles. The zero-order valence-electron chi connectivity index (χ0n) is 23.6. The molecule has 6 nitrogen and oxygen atoms in total. The van der Waals surface area contributed by atoms with Crippen LogP contribution >= 0.6 is 23.4 Å². The lowest BCUT2D eigenvalue weighted by Crippen LogP contribution is -2.29. The van der Waals surface area contributed by atoms with Crippen molar-refractivity contribution in [3.05, 3.63) is 55.4 Å². The van der Waals surface area contributed by atoms with E-state index in [2.05, 4.69) is 16.9 Å². The lowest BCUT2D eigenvalue weighted by Gasteiger charge is -2.10. The Hall–Kier alpha value is -2.06. The third kappa shape index (κ3) is 9.52. The molecule has 0 saturated carbocycles. The Balaban J connectivity index is 1.46. The summed E-state index contributed by atoms with van der Waals surface area (Å²) >= 11 is 7.54.